The first kappa shape index (κ1) is 11.8. The van der Waals surface area contributed by atoms with Crippen LogP contribution in [0.5, 0.6) is 5.75 Å². The van der Waals surface area contributed by atoms with E-state index in [1.54, 1.807) is 7.11 Å². The molecule has 1 aromatic heterocycles. The first-order valence-electron chi connectivity index (χ1n) is 6.09. The molecule has 3 rings (SSSR count). The van der Waals surface area contributed by atoms with Crippen molar-refractivity contribution in [2.75, 3.05) is 19.5 Å². The Labute approximate surface area is 115 Å². The van der Waals surface area contributed by atoms with Crippen molar-refractivity contribution in [1.29, 1.82) is 0 Å². The van der Waals surface area contributed by atoms with Crippen molar-refractivity contribution in [2.45, 2.75) is 18.8 Å². The second-order valence-corrected chi connectivity index (χ2v) is 5.45. The van der Waals surface area contributed by atoms with E-state index in [0.29, 0.717) is 5.92 Å². The molecule has 1 heterocycles. The highest BCUT2D eigenvalue weighted by atomic mass is 79.9. The van der Waals surface area contributed by atoms with Gasteiger partial charge in [-0.25, -0.2) is 0 Å². The molecule has 1 saturated carbocycles. The molecular formula is C14H15BrN2O. The topological polar surface area (TPSA) is 34.2 Å². The molecule has 0 amide bonds. The van der Waals surface area contributed by atoms with Crippen LogP contribution >= 0.6 is 15.9 Å². The van der Waals surface area contributed by atoms with E-state index < -0.39 is 0 Å². The van der Waals surface area contributed by atoms with Crippen molar-refractivity contribution in [3.05, 3.63) is 28.4 Å². The summed E-state index contributed by atoms with van der Waals surface area (Å²) in [5, 5.41) is 4.29. The number of methoxy groups -OCH3 is 1. The minimum atomic E-state index is 0.639. The molecule has 1 aliphatic rings. The van der Waals surface area contributed by atoms with Gasteiger partial charge in [0, 0.05) is 28.8 Å². The second-order valence-electron chi connectivity index (χ2n) is 4.59. The van der Waals surface area contributed by atoms with E-state index in [9.17, 15) is 0 Å². The number of hydrogen-bond donors (Lipinski definition) is 1. The minimum absolute atomic E-state index is 0.639. The van der Waals surface area contributed by atoms with Gasteiger partial charge in [0.15, 0.2) is 0 Å². The zero-order chi connectivity index (χ0) is 12.7. The highest BCUT2D eigenvalue weighted by Gasteiger charge is 2.26. The van der Waals surface area contributed by atoms with Crippen molar-refractivity contribution in [3.63, 3.8) is 0 Å². The van der Waals surface area contributed by atoms with Crippen LogP contribution in [0.3, 0.4) is 0 Å². The van der Waals surface area contributed by atoms with Crippen LogP contribution in [0.2, 0.25) is 0 Å². The van der Waals surface area contributed by atoms with Crippen LogP contribution in [0.25, 0.3) is 10.9 Å². The van der Waals surface area contributed by atoms with Gasteiger partial charge in [-0.3, -0.25) is 4.98 Å². The zero-order valence-electron chi connectivity index (χ0n) is 10.5. The molecule has 0 unspecified atom stereocenters. The Morgan fingerprint density at radius 1 is 1.39 bits per heavy atom. The van der Waals surface area contributed by atoms with E-state index >= 15 is 0 Å². The second kappa shape index (κ2) is 4.43. The molecule has 1 aliphatic carbocycles. The maximum Gasteiger partial charge on any atom is 0.130 e. The van der Waals surface area contributed by atoms with E-state index in [2.05, 4.69) is 27.3 Å². The van der Waals surface area contributed by atoms with Crippen molar-refractivity contribution in [2.24, 2.45) is 0 Å². The molecule has 1 aromatic carbocycles. The summed E-state index contributed by atoms with van der Waals surface area (Å²) in [5.74, 6) is 1.49. The molecule has 94 valence electrons. The number of ether oxygens (including phenoxy) is 1. The lowest BCUT2D eigenvalue weighted by molar-refractivity contribution is 0.420. The van der Waals surface area contributed by atoms with Crippen LogP contribution in [0.15, 0.2) is 22.7 Å². The average Bonchev–Trinajstić information content (AvgIpc) is 3.23. The van der Waals surface area contributed by atoms with Gasteiger partial charge < -0.3 is 10.1 Å². The van der Waals surface area contributed by atoms with Crippen molar-refractivity contribution < 1.29 is 4.74 Å². The molecule has 2 aromatic rings. The molecule has 0 spiro atoms. The Hall–Kier alpha value is -1.29. The number of rotatable bonds is 3. The number of aromatic nitrogens is 1. The predicted molar refractivity (Wildman–Crippen MR) is 77.5 cm³/mol. The number of hydrogen-bond acceptors (Lipinski definition) is 3. The number of nitrogens with zero attached hydrogens (tertiary/aromatic N) is 1. The summed E-state index contributed by atoms with van der Waals surface area (Å²) in [5.41, 5.74) is 3.24. The normalized spacial score (nSPS) is 14.8. The average molecular weight is 307 g/mol. The first-order valence-corrected chi connectivity index (χ1v) is 6.88. The summed E-state index contributed by atoms with van der Waals surface area (Å²) in [6.07, 6.45) is 2.51. The number of anilines is 1. The predicted octanol–water partition coefficient (Wildman–Crippen LogP) is 3.93. The van der Waals surface area contributed by atoms with Crippen molar-refractivity contribution in [3.8, 4) is 5.75 Å². The Balaban J connectivity index is 2.33. The van der Waals surface area contributed by atoms with E-state index in [1.165, 1.54) is 18.5 Å². The fourth-order valence-corrected chi connectivity index (χ4v) is 2.67. The Kier molecular flexibility index (Phi) is 2.90. The maximum absolute atomic E-state index is 5.44. The van der Waals surface area contributed by atoms with Gasteiger partial charge in [0.2, 0.25) is 0 Å². The minimum Gasteiger partial charge on any atom is -0.496 e. The van der Waals surface area contributed by atoms with Gasteiger partial charge in [-0.05, 0) is 47.0 Å². The van der Waals surface area contributed by atoms with Crippen LogP contribution < -0.4 is 10.1 Å². The van der Waals surface area contributed by atoms with E-state index in [4.69, 9.17) is 9.72 Å². The number of halogens is 1. The van der Waals surface area contributed by atoms with Crippen LogP contribution in [0, 0.1) is 0 Å². The van der Waals surface area contributed by atoms with Gasteiger partial charge >= 0.3 is 0 Å². The van der Waals surface area contributed by atoms with Gasteiger partial charge in [-0.1, -0.05) is 0 Å². The summed E-state index contributed by atoms with van der Waals surface area (Å²) in [6, 6.07) is 6.10. The Morgan fingerprint density at radius 2 is 2.17 bits per heavy atom. The smallest absolute Gasteiger partial charge is 0.130 e. The van der Waals surface area contributed by atoms with Gasteiger partial charge in [-0.2, -0.15) is 0 Å². The number of pyridine rings is 1. The molecule has 3 nitrogen and oxygen atoms in total. The van der Waals surface area contributed by atoms with Gasteiger partial charge in [0.05, 0.1) is 18.0 Å². The van der Waals surface area contributed by atoms with Crippen molar-refractivity contribution >= 4 is 32.5 Å². The summed E-state index contributed by atoms with van der Waals surface area (Å²) in [4.78, 5) is 4.79. The molecule has 0 saturated heterocycles. The summed E-state index contributed by atoms with van der Waals surface area (Å²) < 4.78 is 6.45. The lowest BCUT2D eigenvalue weighted by atomic mass is 10.1. The van der Waals surface area contributed by atoms with E-state index in [1.807, 2.05) is 19.2 Å². The molecule has 1 N–H and O–H groups in total. The fraction of sp³-hybridized carbons (Fsp3) is 0.357. The SMILES string of the molecule is CNc1cc(C2CC2)nc2c(Br)ccc(OC)c12. The molecule has 0 radical (unpaired) electrons. The third kappa shape index (κ3) is 1.85. The zero-order valence-corrected chi connectivity index (χ0v) is 12.0. The lowest BCUT2D eigenvalue weighted by Gasteiger charge is -2.13. The third-order valence-corrected chi connectivity index (χ3v) is 4.02. The molecular weight excluding hydrogens is 292 g/mol. The fourth-order valence-electron chi connectivity index (χ4n) is 2.25. The highest BCUT2D eigenvalue weighted by molar-refractivity contribution is 9.10. The maximum atomic E-state index is 5.44. The standard InChI is InChI=1S/C14H15BrN2O/c1-16-11-7-10(8-3-4-8)17-14-9(15)5-6-12(18-2)13(11)14/h5-8H,3-4H2,1-2H3,(H,16,17). The molecule has 0 bridgehead atoms. The summed E-state index contributed by atoms with van der Waals surface area (Å²) >= 11 is 3.58. The lowest BCUT2D eigenvalue weighted by Crippen LogP contribution is -1.98. The van der Waals surface area contributed by atoms with Gasteiger partial charge in [0.1, 0.15) is 5.75 Å². The van der Waals surface area contributed by atoms with Crippen molar-refractivity contribution in [1.82, 2.24) is 4.98 Å². The summed E-state index contributed by atoms with van der Waals surface area (Å²) in [6.45, 7) is 0. The summed E-state index contributed by atoms with van der Waals surface area (Å²) in [7, 11) is 3.63. The van der Waals surface area contributed by atoms with Gasteiger partial charge in [-0.15, -0.1) is 0 Å². The van der Waals surface area contributed by atoms with Gasteiger partial charge in [0.25, 0.3) is 0 Å². The van der Waals surface area contributed by atoms with E-state index in [0.717, 1.165) is 26.8 Å². The highest BCUT2D eigenvalue weighted by Crippen LogP contribution is 2.43. The molecule has 0 aliphatic heterocycles. The quantitative estimate of drug-likeness (QED) is 0.933. The molecule has 1 fully saturated rings. The number of fused-ring (bicyclic) bond motifs is 1. The molecule has 0 atom stereocenters. The van der Waals surface area contributed by atoms with E-state index in [-0.39, 0.29) is 0 Å². The molecule has 4 heteroatoms. The largest absolute Gasteiger partial charge is 0.496 e. The Bertz CT molecular complexity index is 608. The monoisotopic (exact) mass is 306 g/mol. The number of nitrogens with one attached hydrogen (secondary N) is 1. The Morgan fingerprint density at radius 3 is 2.78 bits per heavy atom. The number of benzene rings is 1. The van der Waals surface area contributed by atoms with Crippen LogP contribution in [-0.2, 0) is 0 Å². The van der Waals surface area contributed by atoms with Crippen LogP contribution in [-0.4, -0.2) is 19.1 Å². The van der Waals surface area contributed by atoms with Crippen LogP contribution in [0.4, 0.5) is 5.69 Å². The molecule has 18 heavy (non-hydrogen) atoms. The third-order valence-electron chi connectivity index (χ3n) is 3.38. The van der Waals surface area contributed by atoms with Crippen LogP contribution in [0.1, 0.15) is 24.5 Å². The first-order chi connectivity index (χ1) is 8.74.